The number of amides is 1. The lowest BCUT2D eigenvalue weighted by Gasteiger charge is -2.26. The fourth-order valence-electron chi connectivity index (χ4n) is 2.90. The number of carbonyl (C=O) groups excluding carboxylic acids is 1. The van der Waals surface area contributed by atoms with Gasteiger partial charge in [-0.3, -0.25) is 4.79 Å². The Bertz CT molecular complexity index is 503. The Balaban J connectivity index is 1.54. The number of aromatic nitrogens is 2. The van der Waals surface area contributed by atoms with Crippen molar-refractivity contribution in [1.29, 1.82) is 0 Å². The number of hydrogen-bond donors (Lipinski definition) is 0. The molecule has 0 saturated carbocycles. The number of carbonyl (C=O) groups is 1. The second-order valence-corrected chi connectivity index (χ2v) is 5.64. The molecule has 0 bridgehead atoms. The fraction of sp³-hybridized carbons (Fsp3) is 0.667. The van der Waals surface area contributed by atoms with Crippen LogP contribution in [-0.2, 0) is 9.53 Å². The maximum absolute atomic E-state index is 12.4. The summed E-state index contributed by atoms with van der Waals surface area (Å²) in [4.78, 5) is 22.7. The van der Waals surface area contributed by atoms with Gasteiger partial charge in [-0.25, -0.2) is 4.98 Å². The SMILES string of the molecule is Cc1nccc(O[C@@H]2CCN(C(=O)C3CCOCC3)C2)n1. The molecule has 0 radical (unpaired) electrons. The van der Waals surface area contributed by atoms with Crippen molar-refractivity contribution >= 4 is 5.91 Å². The van der Waals surface area contributed by atoms with Crippen molar-refractivity contribution in [2.24, 2.45) is 5.92 Å². The predicted octanol–water partition coefficient (Wildman–Crippen LogP) is 1.19. The van der Waals surface area contributed by atoms with Crippen molar-refractivity contribution in [2.75, 3.05) is 26.3 Å². The third-order valence-electron chi connectivity index (χ3n) is 4.07. The minimum atomic E-state index is 0.0306. The summed E-state index contributed by atoms with van der Waals surface area (Å²) in [5, 5.41) is 0. The van der Waals surface area contributed by atoms with Crippen LogP contribution in [0, 0.1) is 12.8 Å². The molecular formula is C15H21N3O3. The molecule has 2 aliphatic rings. The minimum Gasteiger partial charge on any atom is -0.472 e. The minimum absolute atomic E-state index is 0.0306. The Labute approximate surface area is 124 Å². The lowest BCUT2D eigenvalue weighted by atomic mass is 9.99. The normalized spacial score (nSPS) is 23.3. The van der Waals surface area contributed by atoms with E-state index < -0.39 is 0 Å². The molecule has 2 aliphatic heterocycles. The zero-order chi connectivity index (χ0) is 14.7. The van der Waals surface area contributed by atoms with Gasteiger partial charge in [0.15, 0.2) is 0 Å². The first-order valence-electron chi connectivity index (χ1n) is 7.55. The molecule has 1 aromatic heterocycles. The number of hydrogen-bond acceptors (Lipinski definition) is 5. The van der Waals surface area contributed by atoms with Gasteiger partial charge in [0.2, 0.25) is 11.8 Å². The van der Waals surface area contributed by atoms with Gasteiger partial charge in [-0.05, 0) is 19.8 Å². The van der Waals surface area contributed by atoms with Crippen LogP contribution in [0.15, 0.2) is 12.3 Å². The van der Waals surface area contributed by atoms with E-state index in [1.165, 1.54) is 0 Å². The fourth-order valence-corrected chi connectivity index (χ4v) is 2.90. The molecule has 6 heteroatoms. The quantitative estimate of drug-likeness (QED) is 0.837. The van der Waals surface area contributed by atoms with Gasteiger partial charge in [0, 0.05) is 44.4 Å². The number of likely N-dealkylation sites (tertiary alicyclic amines) is 1. The Kier molecular flexibility index (Phi) is 4.34. The van der Waals surface area contributed by atoms with Crippen molar-refractivity contribution in [1.82, 2.24) is 14.9 Å². The van der Waals surface area contributed by atoms with Gasteiger partial charge in [-0.2, -0.15) is 4.98 Å². The van der Waals surface area contributed by atoms with Gasteiger partial charge >= 0.3 is 0 Å². The van der Waals surface area contributed by atoms with E-state index in [0.717, 1.165) is 25.8 Å². The highest BCUT2D eigenvalue weighted by molar-refractivity contribution is 5.79. The summed E-state index contributed by atoms with van der Waals surface area (Å²) in [5.74, 6) is 1.66. The Morgan fingerprint density at radius 3 is 2.95 bits per heavy atom. The van der Waals surface area contributed by atoms with Crippen LogP contribution in [0.2, 0.25) is 0 Å². The molecule has 3 heterocycles. The number of aryl methyl sites for hydroxylation is 1. The predicted molar refractivity (Wildman–Crippen MR) is 75.9 cm³/mol. The van der Waals surface area contributed by atoms with E-state index in [1.807, 2.05) is 11.8 Å². The molecule has 1 atom stereocenters. The maximum atomic E-state index is 12.4. The molecule has 0 N–H and O–H groups in total. The van der Waals surface area contributed by atoms with E-state index in [9.17, 15) is 4.79 Å². The number of rotatable bonds is 3. The van der Waals surface area contributed by atoms with E-state index in [2.05, 4.69) is 9.97 Å². The van der Waals surface area contributed by atoms with Crippen LogP contribution >= 0.6 is 0 Å². The summed E-state index contributed by atoms with van der Waals surface area (Å²) in [6.45, 7) is 4.65. The zero-order valence-electron chi connectivity index (χ0n) is 12.3. The van der Waals surface area contributed by atoms with Gasteiger partial charge < -0.3 is 14.4 Å². The highest BCUT2D eigenvalue weighted by Gasteiger charge is 2.32. The summed E-state index contributed by atoms with van der Waals surface area (Å²) in [6.07, 6.45) is 4.26. The molecule has 114 valence electrons. The van der Waals surface area contributed by atoms with E-state index in [0.29, 0.717) is 31.5 Å². The molecule has 2 fully saturated rings. The average molecular weight is 291 g/mol. The molecule has 2 saturated heterocycles. The highest BCUT2D eigenvalue weighted by atomic mass is 16.5. The molecule has 0 aliphatic carbocycles. The summed E-state index contributed by atoms with van der Waals surface area (Å²) in [5.41, 5.74) is 0. The van der Waals surface area contributed by atoms with Gasteiger partial charge in [0.1, 0.15) is 11.9 Å². The summed E-state index contributed by atoms with van der Waals surface area (Å²) in [7, 11) is 0. The van der Waals surface area contributed by atoms with E-state index in [4.69, 9.17) is 9.47 Å². The smallest absolute Gasteiger partial charge is 0.225 e. The largest absolute Gasteiger partial charge is 0.472 e. The Morgan fingerprint density at radius 1 is 1.38 bits per heavy atom. The highest BCUT2D eigenvalue weighted by Crippen LogP contribution is 2.22. The molecule has 0 aromatic carbocycles. The van der Waals surface area contributed by atoms with Crippen LogP contribution in [0.3, 0.4) is 0 Å². The molecule has 6 nitrogen and oxygen atoms in total. The third kappa shape index (κ3) is 3.50. The van der Waals surface area contributed by atoms with Crippen molar-refractivity contribution in [3.63, 3.8) is 0 Å². The van der Waals surface area contributed by atoms with Crippen LogP contribution < -0.4 is 4.74 Å². The first-order chi connectivity index (χ1) is 10.2. The van der Waals surface area contributed by atoms with Crippen molar-refractivity contribution in [3.05, 3.63) is 18.1 Å². The van der Waals surface area contributed by atoms with E-state index in [-0.39, 0.29) is 17.9 Å². The van der Waals surface area contributed by atoms with Crippen LogP contribution in [0.5, 0.6) is 5.88 Å². The number of ether oxygens (including phenoxy) is 2. The molecule has 1 amide bonds. The van der Waals surface area contributed by atoms with E-state index >= 15 is 0 Å². The van der Waals surface area contributed by atoms with Crippen molar-refractivity contribution in [2.45, 2.75) is 32.3 Å². The second kappa shape index (κ2) is 6.39. The maximum Gasteiger partial charge on any atom is 0.225 e. The first kappa shape index (κ1) is 14.3. The molecule has 0 unspecified atom stereocenters. The monoisotopic (exact) mass is 291 g/mol. The van der Waals surface area contributed by atoms with Gasteiger partial charge in [-0.15, -0.1) is 0 Å². The average Bonchev–Trinajstić information content (AvgIpc) is 2.96. The molecule has 21 heavy (non-hydrogen) atoms. The van der Waals surface area contributed by atoms with Crippen LogP contribution in [0.25, 0.3) is 0 Å². The summed E-state index contributed by atoms with van der Waals surface area (Å²) < 4.78 is 11.2. The molecule has 1 aromatic rings. The molecule has 0 spiro atoms. The Morgan fingerprint density at radius 2 is 2.19 bits per heavy atom. The van der Waals surface area contributed by atoms with Crippen LogP contribution in [0.1, 0.15) is 25.1 Å². The van der Waals surface area contributed by atoms with Gasteiger partial charge in [0.25, 0.3) is 0 Å². The van der Waals surface area contributed by atoms with Crippen molar-refractivity contribution in [3.8, 4) is 5.88 Å². The van der Waals surface area contributed by atoms with E-state index in [1.54, 1.807) is 12.3 Å². The zero-order valence-corrected chi connectivity index (χ0v) is 12.3. The summed E-state index contributed by atoms with van der Waals surface area (Å²) >= 11 is 0. The van der Waals surface area contributed by atoms with Crippen LogP contribution in [0.4, 0.5) is 0 Å². The third-order valence-corrected chi connectivity index (χ3v) is 4.07. The van der Waals surface area contributed by atoms with Crippen LogP contribution in [-0.4, -0.2) is 53.2 Å². The first-order valence-corrected chi connectivity index (χ1v) is 7.55. The second-order valence-electron chi connectivity index (χ2n) is 5.64. The number of nitrogens with zero attached hydrogens (tertiary/aromatic N) is 3. The molecule has 3 rings (SSSR count). The van der Waals surface area contributed by atoms with Crippen molar-refractivity contribution < 1.29 is 14.3 Å². The Hall–Kier alpha value is -1.69. The summed E-state index contributed by atoms with van der Waals surface area (Å²) in [6, 6.07) is 1.76. The topological polar surface area (TPSA) is 64.5 Å². The van der Waals surface area contributed by atoms with Gasteiger partial charge in [0.05, 0.1) is 6.54 Å². The van der Waals surface area contributed by atoms with Gasteiger partial charge in [-0.1, -0.05) is 0 Å². The lowest BCUT2D eigenvalue weighted by Crippen LogP contribution is -2.38. The lowest BCUT2D eigenvalue weighted by molar-refractivity contribution is -0.137. The molecular weight excluding hydrogens is 270 g/mol. The standard InChI is InChI=1S/C15H21N3O3/c1-11-16-6-2-14(17-11)21-13-3-7-18(10-13)15(19)12-4-8-20-9-5-12/h2,6,12-13H,3-5,7-10H2,1H3/t13-/m1/s1.